The average Bonchev–Trinajstić information content (AvgIpc) is 2.57. The van der Waals surface area contributed by atoms with E-state index in [0.717, 1.165) is 30.2 Å². The van der Waals surface area contributed by atoms with Crippen molar-refractivity contribution < 1.29 is 8.42 Å². The van der Waals surface area contributed by atoms with Crippen LogP contribution in [0.2, 0.25) is 0 Å². The Balaban J connectivity index is 1.81. The third kappa shape index (κ3) is 6.32. The number of rotatable bonds is 6. The second-order valence-corrected chi connectivity index (χ2v) is 8.61. The molecule has 1 aromatic carbocycles. The summed E-state index contributed by atoms with van der Waals surface area (Å²) < 4.78 is 23.4. The van der Waals surface area contributed by atoms with E-state index in [2.05, 4.69) is 20.5 Å². The molecule has 0 amide bonds. The number of aliphatic imine (C=N–C) groups is 1. The highest BCUT2D eigenvalue weighted by Gasteiger charge is 2.11. The zero-order valence-corrected chi connectivity index (χ0v) is 16.3. The zero-order chi connectivity index (χ0) is 18.3. The van der Waals surface area contributed by atoms with Crippen molar-refractivity contribution in [1.29, 1.82) is 0 Å². The molecule has 6 nitrogen and oxygen atoms in total. The summed E-state index contributed by atoms with van der Waals surface area (Å²) in [6.45, 7) is 6.72. The number of piperidine rings is 1. The molecule has 1 aromatic rings. The maximum Gasteiger partial charge on any atom is 0.191 e. The van der Waals surface area contributed by atoms with Gasteiger partial charge in [-0.3, -0.25) is 4.99 Å². The van der Waals surface area contributed by atoms with Crippen LogP contribution in [-0.4, -0.2) is 58.8 Å². The molecule has 2 rings (SSSR count). The van der Waals surface area contributed by atoms with Crippen LogP contribution in [0.15, 0.2) is 28.1 Å². The van der Waals surface area contributed by atoms with Crippen LogP contribution >= 0.6 is 0 Å². The van der Waals surface area contributed by atoms with Crippen LogP contribution in [0.4, 0.5) is 0 Å². The first kappa shape index (κ1) is 19.7. The van der Waals surface area contributed by atoms with Crippen LogP contribution in [0.5, 0.6) is 0 Å². The molecule has 0 unspecified atom stereocenters. The molecule has 0 spiro atoms. The van der Waals surface area contributed by atoms with Crippen molar-refractivity contribution in [3.8, 4) is 0 Å². The fourth-order valence-corrected chi connectivity index (χ4v) is 4.12. The second kappa shape index (κ2) is 9.20. The van der Waals surface area contributed by atoms with Gasteiger partial charge in [0.25, 0.3) is 0 Å². The molecule has 0 atom stereocenters. The molecule has 7 heteroatoms. The Morgan fingerprint density at radius 3 is 2.52 bits per heavy atom. The summed E-state index contributed by atoms with van der Waals surface area (Å²) in [6.07, 6.45) is 5.19. The van der Waals surface area contributed by atoms with Gasteiger partial charge < -0.3 is 15.5 Å². The number of hydrogen-bond acceptors (Lipinski definition) is 4. The third-order valence-corrected chi connectivity index (χ3v) is 5.75. The first-order valence-corrected chi connectivity index (χ1v) is 10.8. The Hall–Kier alpha value is -1.60. The lowest BCUT2D eigenvalue weighted by molar-refractivity contribution is 0.232. The van der Waals surface area contributed by atoms with E-state index >= 15 is 0 Å². The van der Waals surface area contributed by atoms with Crippen molar-refractivity contribution in [1.82, 2.24) is 15.5 Å². The van der Waals surface area contributed by atoms with Gasteiger partial charge in [0.2, 0.25) is 0 Å². The largest absolute Gasteiger partial charge is 0.355 e. The quantitative estimate of drug-likeness (QED) is 0.590. The van der Waals surface area contributed by atoms with E-state index in [4.69, 9.17) is 0 Å². The van der Waals surface area contributed by atoms with Gasteiger partial charge in [-0.25, -0.2) is 8.42 Å². The highest BCUT2D eigenvalue weighted by molar-refractivity contribution is 7.90. The summed E-state index contributed by atoms with van der Waals surface area (Å²) in [5, 5.41) is 6.62. The maximum atomic E-state index is 11.7. The molecular formula is C18H30N4O2S. The number of likely N-dealkylation sites (tertiary alicyclic amines) is 1. The van der Waals surface area contributed by atoms with Crippen LogP contribution in [0, 0.1) is 6.92 Å². The molecule has 0 radical (unpaired) electrons. The van der Waals surface area contributed by atoms with Gasteiger partial charge >= 0.3 is 0 Å². The van der Waals surface area contributed by atoms with Crippen LogP contribution in [0.25, 0.3) is 0 Å². The molecule has 1 fully saturated rings. The van der Waals surface area contributed by atoms with E-state index in [1.54, 1.807) is 13.1 Å². The summed E-state index contributed by atoms with van der Waals surface area (Å²) in [5.41, 5.74) is 1.80. The molecule has 0 aliphatic carbocycles. The highest BCUT2D eigenvalue weighted by atomic mass is 32.2. The molecule has 1 aliphatic heterocycles. The van der Waals surface area contributed by atoms with Crippen molar-refractivity contribution in [3.05, 3.63) is 29.3 Å². The van der Waals surface area contributed by atoms with Gasteiger partial charge in [0.1, 0.15) is 0 Å². The fraction of sp³-hybridized carbons (Fsp3) is 0.611. The number of guanidine groups is 1. The summed E-state index contributed by atoms with van der Waals surface area (Å²) >= 11 is 0. The lowest BCUT2D eigenvalue weighted by Crippen LogP contribution is -2.42. The van der Waals surface area contributed by atoms with Crippen molar-refractivity contribution in [3.63, 3.8) is 0 Å². The van der Waals surface area contributed by atoms with Gasteiger partial charge in [0.05, 0.1) is 4.90 Å². The number of aryl methyl sites for hydroxylation is 1. The number of sulfone groups is 1. The standard InChI is InChI=1S/C18H30N4O2S/c1-15-13-16(7-8-17(15)25(3,23)24)14-21-18(19-2)20-9-12-22-10-5-4-6-11-22/h7-8,13H,4-6,9-12,14H2,1-3H3,(H2,19,20,21). The van der Waals surface area contributed by atoms with E-state index in [0.29, 0.717) is 11.4 Å². The summed E-state index contributed by atoms with van der Waals surface area (Å²) in [7, 11) is -1.41. The summed E-state index contributed by atoms with van der Waals surface area (Å²) in [5.74, 6) is 0.766. The Morgan fingerprint density at radius 2 is 1.92 bits per heavy atom. The predicted molar refractivity (Wildman–Crippen MR) is 103 cm³/mol. The summed E-state index contributed by atoms with van der Waals surface area (Å²) in [4.78, 5) is 7.12. The zero-order valence-electron chi connectivity index (χ0n) is 15.5. The van der Waals surface area contributed by atoms with Crippen molar-refractivity contribution in [2.45, 2.75) is 37.6 Å². The molecular weight excluding hydrogens is 336 g/mol. The number of benzene rings is 1. The van der Waals surface area contributed by atoms with Gasteiger partial charge in [-0.2, -0.15) is 0 Å². The van der Waals surface area contributed by atoms with Crippen LogP contribution in [0.1, 0.15) is 30.4 Å². The van der Waals surface area contributed by atoms with E-state index in [1.807, 2.05) is 19.1 Å². The Labute approximate surface area is 151 Å². The first-order chi connectivity index (χ1) is 11.9. The smallest absolute Gasteiger partial charge is 0.191 e. The van der Waals surface area contributed by atoms with Gasteiger partial charge in [0, 0.05) is 32.9 Å². The van der Waals surface area contributed by atoms with E-state index in [-0.39, 0.29) is 0 Å². The average molecular weight is 367 g/mol. The lowest BCUT2D eigenvalue weighted by atomic mass is 10.1. The number of nitrogens with one attached hydrogen (secondary N) is 2. The Kier molecular flexibility index (Phi) is 7.25. The van der Waals surface area contributed by atoms with Crippen LogP contribution < -0.4 is 10.6 Å². The minimum atomic E-state index is -3.17. The van der Waals surface area contributed by atoms with Gasteiger partial charge in [-0.15, -0.1) is 0 Å². The van der Waals surface area contributed by atoms with E-state index < -0.39 is 9.84 Å². The topological polar surface area (TPSA) is 73.8 Å². The van der Waals surface area contributed by atoms with Crippen molar-refractivity contribution in [2.75, 3.05) is 39.5 Å². The van der Waals surface area contributed by atoms with E-state index in [1.165, 1.54) is 38.6 Å². The van der Waals surface area contributed by atoms with Crippen LogP contribution in [0.3, 0.4) is 0 Å². The van der Waals surface area contributed by atoms with E-state index in [9.17, 15) is 8.42 Å². The van der Waals surface area contributed by atoms with Crippen molar-refractivity contribution in [2.24, 2.45) is 4.99 Å². The molecule has 25 heavy (non-hydrogen) atoms. The van der Waals surface area contributed by atoms with Crippen molar-refractivity contribution >= 4 is 15.8 Å². The lowest BCUT2D eigenvalue weighted by Gasteiger charge is -2.26. The molecule has 1 heterocycles. The normalized spacial score (nSPS) is 16.7. The molecule has 2 N–H and O–H groups in total. The third-order valence-electron chi connectivity index (χ3n) is 4.49. The van der Waals surface area contributed by atoms with Gasteiger partial charge in [-0.05, 0) is 50.0 Å². The summed E-state index contributed by atoms with van der Waals surface area (Å²) in [6, 6.07) is 5.43. The molecule has 1 saturated heterocycles. The maximum absolute atomic E-state index is 11.7. The minimum Gasteiger partial charge on any atom is -0.355 e. The van der Waals surface area contributed by atoms with Gasteiger partial charge in [-0.1, -0.05) is 18.6 Å². The number of nitrogens with zero attached hydrogens (tertiary/aromatic N) is 2. The number of hydrogen-bond donors (Lipinski definition) is 2. The Bertz CT molecular complexity index is 695. The SMILES string of the molecule is CN=C(NCCN1CCCCC1)NCc1ccc(S(C)(=O)=O)c(C)c1. The molecule has 0 aromatic heterocycles. The fourth-order valence-electron chi connectivity index (χ4n) is 3.16. The molecule has 1 aliphatic rings. The molecule has 0 saturated carbocycles. The van der Waals surface area contributed by atoms with Gasteiger partial charge in [0.15, 0.2) is 15.8 Å². The predicted octanol–water partition coefficient (Wildman–Crippen LogP) is 1.55. The molecule has 0 bridgehead atoms. The van der Waals surface area contributed by atoms with Crippen LogP contribution in [-0.2, 0) is 16.4 Å². The second-order valence-electron chi connectivity index (χ2n) is 6.63. The minimum absolute atomic E-state index is 0.389. The Morgan fingerprint density at radius 1 is 1.20 bits per heavy atom. The monoisotopic (exact) mass is 366 g/mol. The molecule has 140 valence electrons. The highest BCUT2D eigenvalue weighted by Crippen LogP contribution is 2.16. The first-order valence-electron chi connectivity index (χ1n) is 8.86.